The van der Waals surface area contributed by atoms with Crippen molar-refractivity contribution < 1.29 is 8.78 Å². The number of alkyl halides is 2. The Bertz CT molecular complexity index is 902. The van der Waals surface area contributed by atoms with Crippen molar-refractivity contribution in [2.45, 2.75) is 19.8 Å². The quantitative estimate of drug-likeness (QED) is 0.589. The van der Waals surface area contributed by atoms with E-state index in [-0.39, 0.29) is 5.69 Å². The van der Waals surface area contributed by atoms with Gasteiger partial charge in [-0.3, -0.25) is 4.98 Å². The minimum atomic E-state index is -2.65. The number of anilines is 1. The highest BCUT2D eigenvalue weighted by molar-refractivity contribution is 5.77. The summed E-state index contributed by atoms with van der Waals surface area (Å²) < 4.78 is 26.4. The fourth-order valence-corrected chi connectivity index (χ4v) is 2.80. The van der Waals surface area contributed by atoms with Crippen LogP contribution in [0.1, 0.15) is 34.4 Å². The van der Waals surface area contributed by atoms with Crippen molar-refractivity contribution in [1.82, 2.24) is 4.98 Å². The molecule has 0 aliphatic heterocycles. The monoisotopic (exact) mass is 350 g/mol. The largest absolute Gasteiger partial charge is 0.355 e. The molecular formula is C22H20F2N2. The third-order valence-corrected chi connectivity index (χ3v) is 4.19. The maximum Gasteiger partial charge on any atom is 0.281 e. The summed E-state index contributed by atoms with van der Waals surface area (Å²) in [6.45, 7) is 5.99. The zero-order valence-electron chi connectivity index (χ0n) is 14.5. The Kier molecular flexibility index (Phi) is 5.42. The molecule has 0 unspecified atom stereocenters. The van der Waals surface area contributed by atoms with Crippen LogP contribution in [0.5, 0.6) is 0 Å². The van der Waals surface area contributed by atoms with Gasteiger partial charge in [0.2, 0.25) is 0 Å². The van der Waals surface area contributed by atoms with Crippen LogP contribution in [0, 0.1) is 6.92 Å². The van der Waals surface area contributed by atoms with E-state index in [4.69, 9.17) is 0 Å². The molecule has 0 spiro atoms. The molecule has 3 rings (SSSR count). The first kappa shape index (κ1) is 17.8. The minimum absolute atomic E-state index is 0.263. The molecule has 0 bridgehead atoms. The van der Waals surface area contributed by atoms with E-state index in [2.05, 4.69) is 48.1 Å². The molecule has 1 aromatic heterocycles. The van der Waals surface area contributed by atoms with E-state index in [1.54, 1.807) is 12.1 Å². The van der Waals surface area contributed by atoms with Crippen LogP contribution in [0.15, 0.2) is 73.4 Å². The standard InChI is InChI=1S/C22H20F2N2/c1-15-9-11-17(12-10-15)14-18-6-3-4-8-20(18)26-16(2)19-7-5-13-25-21(19)22(23)24/h3-13,22,26H,2,14H2,1H3. The average molecular weight is 350 g/mol. The van der Waals surface area contributed by atoms with Crippen molar-refractivity contribution in [2.24, 2.45) is 0 Å². The molecule has 1 N–H and O–H groups in total. The SMILES string of the molecule is C=C(Nc1ccccc1Cc1ccc(C)cc1)c1cccnc1C(F)F. The van der Waals surface area contributed by atoms with Crippen molar-refractivity contribution in [3.05, 3.63) is 101 Å². The predicted octanol–water partition coefficient (Wildman–Crippen LogP) is 6.00. The topological polar surface area (TPSA) is 24.9 Å². The van der Waals surface area contributed by atoms with Crippen LogP contribution in [0.4, 0.5) is 14.5 Å². The number of aryl methyl sites for hydroxylation is 1. The molecule has 0 saturated heterocycles. The Morgan fingerprint density at radius 2 is 1.77 bits per heavy atom. The van der Waals surface area contributed by atoms with Gasteiger partial charge in [-0.1, -0.05) is 54.6 Å². The molecular weight excluding hydrogens is 330 g/mol. The van der Waals surface area contributed by atoms with E-state index >= 15 is 0 Å². The highest BCUT2D eigenvalue weighted by Gasteiger charge is 2.16. The summed E-state index contributed by atoms with van der Waals surface area (Å²) >= 11 is 0. The molecule has 0 atom stereocenters. The highest BCUT2D eigenvalue weighted by Crippen LogP contribution is 2.28. The molecule has 0 amide bonds. The van der Waals surface area contributed by atoms with Gasteiger partial charge in [0.25, 0.3) is 6.43 Å². The van der Waals surface area contributed by atoms with Crippen molar-refractivity contribution in [2.75, 3.05) is 5.32 Å². The fraction of sp³-hybridized carbons (Fsp3) is 0.136. The number of nitrogens with zero attached hydrogens (tertiary/aromatic N) is 1. The van der Waals surface area contributed by atoms with Crippen LogP contribution in [0.3, 0.4) is 0 Å². The van der Waals surface area contributed by atoms with Crippen LogP contribution in [0.2, 0.25) is 0 Å². The van der Waals surface area contributed by atoms with Crippen LogP contribution in [-0.4, -0.2) is 4.98 Å². The lowest BCUT2D eigenvalue weighted by atomic mass is 10.0. The molecule has 132 valence electrons. The summed E-state index contributed by atoms with van der Waals surface area (Å²) in [5, 5.41) is 3.19. The number of nitrogens with one attached hydrogen (secondary N) is 1. The molecule has 3 aromatic rings. The van der Waals surface area contributed by atoms with E-state index < -0.39 is 6.43 Å². The van der Waals surface area contributed by atoms with Crippen LogP contribution in [0.25, 0.3) is 5.70 Å². The van der Waals surface area contributed by atoms with Crippen molar-refractivity contribution in [3.63, 3.8) is 0 Å². The number of hydrogen-bond acceptors (Lipinski definition) is 2. The van der Waals surface area contributed by atoms with E-state index in [9.17, 15) is 8.78 Å². The predicted molar refractivity (Wildman–Crippen MR) is 102 cm³/mol. The van der Waals surface area contributed by atoms with Crippen molar-refractivity contribution in [3.8, 4) is 0 Å². The van der Waals surface area contributed by atoms with E-state index in [1.807, 2.05) is 24.3 Å². The molecule has 2 nitrogen and oxygen atoms in total. The maximum absolute atomic E-state index is 13.2. The van der Waals surface area contributed by atoms with Gasteiger partial charge in [0.15, 0.2) is 0 Å². The van der Waals surface area contributed by atoms with Crippen LogP contribution in [-0.2, 0) is 6.42 Å². The van der Waals surface area contributed by atoms with E-state index in [0.717, 1.165) is 17.7 Å². The van der Waals surface area contributed by atoms with Crippen molar-refractivity contribution in [1.29, 1.82) is 0 Å². The Balaban J connectivity index is 1.84. The number of pyridine rings is 1. The summed E-state index contributed by atoms with van der Waals surface area (Å²) in [5.74, 6) is 0. The highest BCUT2D eigenvalue weighted by atomic mass is 19.3. The Hall–Kier alpha value is -3.01. The Morgan fingerprint density at radius 1 is 1.04 bits per heavy atom. The third-order valence-electron chi connectivity index (χ3n) is 4.19. The first-order chi connectivity index (χ1) is 12.5. The molecule has 26 heavy (non-hydrogen) atoms. The lowest BCUT2D eigenvalue weighted by molar-refractivity contribution is 0.145. The number of para-hydroxylation sites is 1. The van der Waals surface area contributed by atoms with Crippen molar-refractivity contribution >= 4 is 11.4 Å². The molecule has 2 aromatic carbocycles. The van der Waals surface area contributed by atoms with Gasteiger partial charge in [0.1, 0.15) is 5.69 Å². The lowest BCUT2D eigenvalue weighted by Gasteiger charge is -2.16. The second-order valence-electron chi connectivity index (χ2n) is 6.16. The number of rotatable bonds is 6. The summed E-state index contributed by atoms with van der Waals surface area (Å²) in [4.78, 5) is 3.79. The minimum Gasteiger partial charge on any atom is -0.355 e. The second-order valence-corrected chi connectivity index (χ2v) is 6.16. The van der Waals surface area contributed by atoms with Crippen LogP contribution < -0.4 is 5.32 Å². The van der Waals surface area contributed by atoms with Gasteiger partial charge < -0.3 is 5.32 Å². The van der Waals surface area contributed by atoms with Gasteiger partial charge in [0.05, 0.1) is 0 Å². The number of benzene rings is 2. The van der Waals surface area contributed by atoms with Gasteiger partial charge in [-0.05, 0) is 42.7 Å². The number of halogens is 2. The lowest BCUT2D eigenvalue weighted by Crippen LogP contribution is -2.05. The van der Waals surface area contributed by atoms with Gasteiger partial charge >= 0.3 is 0 Å². The molecule has 0 fully saturated rings. The molecule has 0 aliphatic rings. The number of hydrogen-bond donors (Lipinski definition) is 1. The van der Waals surface area contributed by atoms with E-state index in [0.29, 0.717) is 11.3 Å². The Morgan fingerprint density at radius 3 is 2.50 bits per heavy atom. The Labute approximate surface area is 152 Å². The molecule has 1 heterocycles. The number of aromatic nitrogens is 1. The molecule has 0 aliphatic carbocycles. The van der Waals surface area contributed by atoms with Crippen LogP contribution >= 0.6 is 0 Å². The second kappa shape index (κ2) is 7.91. The average Bonchev–Trinajstić information content (AvgIpc) is 2.65. The zero-order valence-corrected chi connectivity index (χ0v) is 14.5. The summed E-state index contributed by atoms with van der Waals surface area (Å²) in [7, 11) is 0. The third kappa shape index (κ3) is 4.14. The van der Waals surface area contributed by atoms with Gasteiger partial charge in [0, 0.05) is 23.1 Å². The normalized spacial score (nSPS) is 10.8. The van der Waals surface area contributed by atoms with E-state index in [1.165, 1.54) is 17.3 Å². The fourth-order valence-electron chi connectivity index (χ4n) is 2.80. The van der Waals surface area contributed by atoms with Gasteiger partial charge in [-0.2, -0.15) is 0 Å². The van der Waals surface area contributed by atoms with Gasteiger partial charge in [-0.15, -0.1) is 0 Å². The molecule has 0 saturated carbocycles. The smallest absolute Gasteiger partial charge is 0.281 e. The summed E-state index contributed by atoms with van der Waals surface area (Å²) in [5.41, 5.74) is 4.79. The summed E-state index contributed by atoms with van der Waals surface area (Å²) in [6.07, 6.45) is -0.540. The molecule has 4 heteroatoms. The first-order valence-electron chi connectivity index (χ1n) is 8.37. The van der Waals surface area contributed by atoms with Gasteiger partial charge in [-0.25, -0.2) is 8.78 Å². The molecule has 0 radical (unpaired) electrons. The maximum atomic E-state index is 13.2. The first-order valence-corrected chi connectivity index (χ1v) is 8.37. The zero-order chi connectivity index (χ0) is 18.5. The summed E-state index contributed by atoms with van der Waals surface area (Å²) in [6, 6.07) is 19.4.